The second-order valence-corrected chi connectivity index (χ2v) is 7.62. The summed E-state index contributed by atoms with van der Waals surface area (Å²) < 4.78 is 24.6. The van der Waals surface area contributed by atoms with Crippen LogP contribution in [0.1, 0.15) is 24.3 Å². The van der Waals surface area contributed by atoms with Crippen LogP contribution >= 0.6 is 11.3 Å². The van der Waals surface area contributed by atoms with E-state index in [0.717, 1.165) is 24.1 Å². The fraction of sp³-hybridized carbons (Fsp3) is 0.700. The summed E-state index contributed by atoms with van der Waals surface area (Å²) in [6.07, 6.45) is 3.30. The molecule has 0 bridgehead atoms. The van der Waals surface area contributed by atoms with Gasteiger partial charge in [-0.1, -0.05) is 17.8 Å². The zero-order valence-corrected chi connectivity index (χ0v) is 12.4. The van der Waals surface area contributed by atoms with Crippen LogP contribution in [-0.2, 0) is 14.8 Å². The van der Waals surface area contributed by atoms with E-state index in [1.54, 1.807) is 6.92 Å². The first-order valence-corrected chi connectivity index (χ1v) is 8.62. The van der Waals surface area contributed by atoms with Gasteiger partial charge in [-0.15, -0.1) is 10.2 Å². The number of aromatic nitrogens is 2. The van der Waals surface area contributed by atoms with Crippen molar-refractivity contribution in [3.63, 3.8) is 0 Å². The SMILES string of the molecule is Cc1nnc(NC(=O)C2CCCCN2S(C)(=O)=O)s1. The Bertz CT molecular complexity index is 569. The third-order valence-electron chi connectivity index (χ3n) is 2.94. The number of hydrogen-bond donors (Lipinski definition) is 1. The number of sulfonamides is 1. The van der Waals surface area contributed by atoms with E-state index < -0.39 is 16.1 Å². The van der Waals surface area contributed by atoms with Gasteiger partial charge in [0.1, 0.15) is 11.0 Å². The highest BCUT2D eigenvalue weighted by molar-refractivity contribution is 7.88. The van der Waals surface area contributed by atoms with Crippen LogP contribution in [0.25, 0.3) is 0 Å². The number of amides is 1. The van der Waals surface area contributed by atoms with E-state index in [2.05, 4.69) is 15.5 Å². The molecule has 1 aromatic heterocycles. The lowest BCUT2D eigenvalue weighted by molar-refractivity contribution is -0.120. The third-order valence-corrected chi connectivity index (χ3v) is 4.98. The lowest BCUT2D eigenvalue weighted by Crippen LogP contribution is -2.49. The molecule has 0 aromatic carbocycles. The molecule has 0 radical (unpaired) electrons. The number of piperidine rings is 1. The van der Waals surface area contributed by atoms with Gasteiger partial charge in [-0.25, -0.2) is 8.42 Å². The quantitative estimate of drug-likeness (QED) is 0.882. The van der Waals surface area contributed by atoms with Crippen molar-refractivity contribution < 1.29 is 13.2 Å². The predicted octanol–water partition coefficient (Wildman–Crippen LogP) is 0.599. The lowest BCUT2D eigenvalue weighted by Gasteiger charge is -2.32. The van der Waals surface area contributed by atoms with Crippen molar-refractivity contribution in [1.29, 1.82) is 0 Å². The average Bonchev–Trinajstić information content (AvgIpc) is 2.73. The minimum Gasteiger partial charge on any atom is -0.299 e. The van der Waals surface area contributed by atoms with Crippen LogP contribution in [0.2, 0.25) is 0 Å². The van der Waals surface area contributed by atoms with Gasteiger partial charge in [-0.05, 0) is 19.8 Å². The second kappa shape index (κ2) is 5.51. The summed E-state index contributed by atoms with van der Waals surface area (Å²) in [6.45, 7) is 2.18. The predicted molar refractivity (Wildman–Crippen MR) is 72.5 cm³/mol. The molecule has 19 heavy (non-hydrogen) atoms. The summed E-state index contributed by atoms with van der Waals surface area (Å²) in [4.78, 5) is 12.2. The number of carbonyl (C=O) groups is 1. The van der Waals surface area contributed by atoms with Crippen molar-refractivity contribution in [2.24, 2.45) is 0 Å². The molecule has 1 saturated heterocycles. The molecule has 1 aliphatic rings. The molecule has 0 spiro atoms. The summed E-state index contributed by atoms with van der Waals surface area (Å²) in [6, 6.07) is -0.645. The van der Waals surface area contributed by atoms with Gasteiger partial charge >= 0.3 is 0 Å². The lowest BCUT2D eigenvalue weighted by atomic mass is 10.0. The van der Waals surface area contributed by atoms with E-state index in [4.69, 9.17) is 0 Å². The van der Waals surface area contributed by atoms with E-state index in [0.29, 0.717) is 18.1 Å². The summed E-state index contributed by atoms with van der Waals surface area (Å²) in [7, 11) is -3.37. The molecule has 2 rings (SSSR count). The van der Waals surface area contributed by atoms with E-state index in [1.165, 1.54) is 15.6 Å². The van der Waals surface area contributed by atoms with E-state index >= 15 is 0 Å². The first-order chi connectivity index (χ1) is 8.88. The number of nitrogens with one attached hydrogen (secondary N) is 1. The van der Waals surface area contributed by atoms with Crippen LogP contribution in [0.15, 0.2) is 0 Å². The van der Waals surface area contributed by atoms with Crippen molar-refractivity contribution in [1.82, 2.24) is 14.5 Å². The minimum absolute atomic E-state index is 0.332. The first kappa shape index (κ1) is 14.4. The fourth-order valence-corrected chi connectivity index (χ4v) is 3.82. The summed E-state index contributed by atoms with van der Waals surface area (Å²) in [5.74, 6) is -0.332. The molecule has 0 saturated carbocycles. The Balaban J connectivity index is 2.12. The molecular formula is C10H16N4O3S2. The average molecular weight is 304 g/mol. The van der Waals surface area contributed by atoms with Crippen LogP contribution in [0.5, 0.6) is 0 Å². The fourth-order valence-electron chi connectivity index (χ4n) is 2.10. The Labute approximate surface area is 116 Å². The molecule has 1 aromatic rings. The molecule has 1 atom stereocenters. The molecule has 1 fully saturated rings. The molecule has 1 amide bonds. The summed E-state index contributed by atoms with van der Waals surface area (Å²) in [5.41, 5.74) is 0. The molecular weight excluding hydrogens is 288 g/mol. The van der Waals surface area contributed by atoms with E-state index in [-0.39, 0.29) is 5.91 Å². The summed E-state index contributed by atoms with van der Waals surface area (Å²) in [5, 5.41) is 11.4. The second-order valence-electron chi connectivity index (χ2n) is 4.50. The number of rotatable bonds is 3. The van der Waals surface area contributed by atoms with E-state index in [9.17, 15) is 13.2 Å². The molecule has 9 heteroatoms. The van der Waals surface area contributed by atoms with Gasteiger partial charge < -0.3 is 0 Å². The maximum atomic E-state index is 12.2. The molecule has 106 valence electrons. The van der Waals surface area contributed by atoms with Crippen molar-refractivity contribution in [3.8, 4) is 0 Å². The van der Waals surface area contributed by atoms with Gasteiger partial charge in [-0.2, -0.15) is 4.31 Å². The number of carbonyl (C=O) groups excluding carboxylic acids is 1. The molecule has 1 unspecified atom stereocenters. The Morgan fingerprint density at radius 2 is 2.16 bits per heavy atom. The zero-order chi connectivity index (χ0) is 14.0. The van der Waals surface area contributed by atoms with Gasteiger partial charge in [0, 0.05) is 6.54 Å². The largest absolute Gasteiger partial charge is 0.299 e. The van der Waals surface area contributed by atoms with Crippen LogP contribution < -0.4 is 5.32 Å². The van der Waals surface area contributed by atoms with Crippen LogP contribution in [0.3, 0.4) is 0 Å². The molecule has 1 N–H and O–H groups in total. The van der Waals surface area contributed by atoms with Crippen LogP contribution in [-0.4, -0.2) is 47.7 Å². The van der Waals surface area contributed by atoms with Crippen molar-refractivity contribution in [3.05, 3.63) is 5.01 Å². The Morgan fingerprint density at radius 3 is 2.74 bits per heavy atom. The smallest absolute Gasteiger partial charge is 0.244 e. The third kappa shape index (κ3) is 3.48. The highest BCUT2D eigenvalue weighted by atomic mass is 32.2. The van der Waals surface area contributed by atoms with Gasteiger partial charge in [0.15, 0.2) is 0 Å². The molecule has 2 heterocycles. The van der Waals surface area contributed by atoms with E-state index in [1.807, 2.05) is 0 Å². The van der Waals surface area contributed by atoms with Gasteiger partial charge in [0.05, 0.1) is 6.26 Å². The standard InChI is InChI=1S/C10H16N4O3S2/c1-7-12-13-10(18-7)11-9(15)8-5-3-4-6-14(8)19(2,16)17/h8H,3-6H2,1-2H3,(H,11,13,15). The molecule has 1 aliphatic heterocycles. The van der Waals surface area contributed by atoms with Crippen molar-refractivity contribution in [2.75, 3.05) is 18.1 Å². The monoisotopic (exact) mass is 304 g/mol. The molecule has 0 aliphatic carbocycles. The molecule has 7 nitrogen and oxygen atoms in total. The van der Waals surface area contributed by atoms with Gasteiger partial charge in [0.25, 0.3) is 0 Å². The summed E-state index contributed by atoms with van der Waals surface area (Å²) >= 11 is 1.27. The number of nitrogens with zero attached hydrogens (tertiary/aromatic N) is 3. The Kier molecular flexibility index (Phi) is 4.16. The normalized spacial score (nSPS) is 21.3. The number of hydrogen-bond acceptors (Lipinski definition) is 6. The zero-order valence-electron chi connectivity index (χ0n) is 10.8. The maximum absolute atomic E-state index is 12.2. The maximum Gasteiger partial charge on any atom is 0.244 e. The van der Waals surface area contributed by atoms with Crippen molar-refractivity contribution >= 4 is 32.4 Å². The van der Waals surface area contributed by atoms with Crippen molar-refractivity contribution in [2.45, 2.75) is 32.2 Å². The Hall–Kier alpha value is -1.06. The van der Waals surface area contributed by atoms with Gasteiger partial charge in [-0.3, -0.25) is 10.1 Å². The first-order valence-electron chi connectivity index (χ1n) is 5.96. The highest BCUT2D eigenvalue weighted by Gasteiger charge is 2.34. The minimum atomic E-state index is -3.37. The number of anilines is 1. The highest BCUT2D eigenvalue weighted by Crippen LogP contribution is 2.22. The number of aryl methyl sites for hydroxylation is 1. The van der Waals surface area contributed by atoms with Gasteiger partial charge in [0.2, 0.25) is 21.1 Å². The topological polar surface area (TPSA) is 92.3 Å². The Morgan fingerprint density at radius 1 is 1.42 bits per heavy atom. The van der Waals surface area contributed by atoms with Crippen LogP contribution in [0.4, 0.5) is 5.13 Å². The van der Waals surface area contributed by atoms with Crippen LogP contribution in [0, 0.1) is 6.92 Å².